The SMILES string of the molecule is CC[C@H](C)OC(=O)CN1C(=O)S/C(=C/c2ccc(OC)c([N+](=O)[O-])c2)C1=O. The van der Waals surface area contributed by atoms with E-state index in [1.807, 2.05) is 6.92 Å². The maximum atomic E-state index is 12.4. The van der Waals surface area contributed by atoms with Gasteiger partial charge in [0.2, 0.25) is 0 Å². The normalized spacial score (nSPS) is 16.6. The van der Waals surface area contributed by atoms with E-state index >= 15 is 0 Å². The smallest absolute Gasteiger partial charge is 0.326 e. The Balaban J connectivity index is 2.20. The van der Waals surface area contributed by atoms with Gasteiger partial charge in [0.1, 0.15) is 6.54 Å². The summed E-state index contributed by atoms with van der Waals surface area (Å²) in [6, 6.07) is 4.17. The Morgan fingerprint density at radius 1 is 1.41 bits per heavy atom. The van der Waals surface area contributed by atoms with Crippen molar-refractivity contribution in [1.82, 2.24) is 4.90 Å². The maximum Gasteiger partial charge on any atom is 0.326 e. The Bertz CT molecular complexity index is 821. The molecule has 1 aromatic rings. The average molecular weight is 394 g/mol. The fourth-order valence-electron chi connectivity index (χ4n) is 2.20. The van der Waals surface area contributed by atoms with E-state index < -0.39 is 28.6 Å². The monoisotopic (exact) mass is 394 g/mol. The van der Waals surface area contributed by atoms with Crippen molar-refractivity contribution in [3.63, 3.8) is 0 Å². The maximum absolute atomic E-state index is 12.4. The van der Waals surface area contributed by atoms with Gasteiger partial charge in [-0.1, -0.05) is 13.0 Å². The number of hydrogen-bond donors (Lipinski definition) is 0. The van der Waals surface area contributed by atoms with Gasteiger partial charge in [-0.25, -0.2) is 0 Å². The second kappa shape index (κ2) is 8.67. The highest BCUT2D eigenvalue weighted by Crippen LogP contribution is 2.34. The van der Waals surface area contributed by atoms with Gasteiger partial charge in [-0.05, 0) is 42.8 Å². The van der Waals surface area contributed by atoms with Gasteiger partial charge in [-0.2, -0.15) is 0 Å². The Labute approximate surface area is 159 Å². The van der Waals surface area contributed by atoms with E-state index in [9.17, 15) is 24.5 Å². The predicted octanol–water partition coefficient (Wildman–Crippen LogP) is 2.98. The molecule has 1 heterocycles. The number of nitrogens with zero attached hydrogens (tertiary/aromatic N) is 2. The highest BCUT2D eigenvalue weighted by molar-refractivity contribution is 8.18. The molecule has 9 nitrogen and oxygen atoms in total. The van der Waals surface area contributed by atoms with Crippen molar-refractivity contribution in [2.45, 2.75) is 26.4 Å². The summed E-state index contributed by atoms with van der Waals surface area (Å²) in [5.41, 5.74) is 0.0952. The zero-order valence-corrected chi connectivity index (χ0v) is 15.8. The summed E-state index contributed by atoms with van der Waals surface area (Å²) < 4.78 is 10.00. The molecule has 0 aliphatic carbocycles. The zero-order valence-electron chi connectivity index (χ0n) is 15.0. The molecule has 0 N–H and O–H groups in total. The van der Waals surface area contributed by atoms with E-state index in [0.29, 0.717) is 23.7 Å². The lowest BCUT2D eigenvalue weighted by Crippen LogP contribution is -2.35. The third kappa shape index (κ3) is 4.85. The van der Waals surface area contributed by atoms with E-state index in [1.54, 1.807) is 6.92 Å². The number of methoxy groups -OCH3 is 1. The van der Waals surface area contributed by atoms with Crippen LogP contribution < -0.4 is 4.74 Å². The van der Waals surface area contributed by atoms with Crippen LogP contribution in [0, 0.1) is 10.1 Å². The molecule has 2 amide bonds. The summed E-state index contributed by atoms with van der Waals surface area (Å²) >= 11 is 0.657. The second-order valence-corrected chi connectivity index (χ2v) is 6.66. The molecule has 1 atom stereocenters. The first-order chi connectivity index (χ1) is 12.8. The average Bonchev–Trinajstić information content (AvgIpc) is 2.88. The van der Waals surface area contributed by atoms with Crippen molar-refractivity contribution in [3.8, 4) is 5.75 Å². The first-order valence-electron chi connectivity index (χ1n) is 8.04. The van der Waals surface area contributed by atoms with Crippen LogP contribution >= 0.6 is 11.8 Å². The van der Waals surface area contributed by atoms with Gasteiger partial charge >= 0.3 is 11.7 Å². The standard InChI is InChI=1S/C17H18N2O7S/c1-4-10(2)26-15(20)9-18-16(21)14(27-17(18)22)8-11-5-6-13(25-3)12(7-11)19(23)24/h5-8,10H,4,9H2,1-3H3/b14-8+/t10-/m0/s1. The number of nitro groups is 1. The minimum absolute atomic E-state index is 0.0656. The summed E-state index contributed by atoms with van der Waals surface area (Å²) in [7, 11) is 1.31. The topological polar surface area (TPSA) is 116 Å². The number of hydrogen-bond acceptors (Lipinski definition) is 8. The number of carbonyl (C=O) groups excluding carboxylic acids is 3. The van der Waals surface area contributed by atoms with Crippen molar-refractivity contribution in [3.05, 3.63) is 38.8 Å². The van der Waals surface area contributed by atoms with Crippen LogP contribution in [0.5, 0.6) is 5.75 Å². The van der Waals surface area contributed by atoms with Crippen LogP contribution in [-0.2, 0) is 14.3 Å². The van der Waals surface area contributed by atoms with Gasteiger partial charge in [0.25, 0.3) is 11.1 Å². The summed E-state index contributed by atoms with van der Waals surface area (Å²) in [6.45, 7) is 3.08. The van der Waals surface area contributed by atoms with Crippen LogP contribution in [0.1, 0.15) is 25.8 Å². The summed E-state index contributed by atoms with van der Waals surface area (Å²) in [6.07, 6.45) is 1.66. The lowest BCUT2D eigenvalue weighted by atomic mass is 10.1. The fraction of sp³-hybridized carbons (Fsp3) is 0.353. The van der Waals surface area contributed by atoms with Crippen LogP contribution in [0.25, 0.3) is 6.08 Å². The molecule has 144 valence electrons. The fourth-order valence-corrected chi connectivity index (χ4v) is 3.04. The van der Waals surface area contributed by atoms with Gasteiger partial charge in [0, 0.05) is 6.07 Å². The molecule has 0 aromatic heterocycles. The molecule has 1 aromatic carbocycles. The molecule has 0 unspecified atom stereocenters. The minimum atomic E-state index is -0.673. The van der Waals surface area contributed by atoms with Crippen LogP contribution in [0.15, 0.2) is 23.1 Å². The van der Waals surface area contributed by atoms with Crippen molar-refractivity contribution in [2.24, 2.45) is 0 Å². The summed E-state index contributed by atoms with van der Waals surface area (Å²) in [5.74, 6) is -1.24. The number of imide groups is 1. The number of esters is 1. The van der Waals surface area contributed by atoms with Crippen LogP contribution in [0.3, 0.4) is 0 Å². The third-order valence-corrected chi connectivity index (χ3v) is 4.67. The molecule has 0 bridgehead atoms. The van der Waals surface area contributed by atoms with Crippen molar-refractivity contribution in [1.29, 1.82) is 0 Å². The van der Waals surface area contributed by atoms with Gasteiger partial charge in [-0.3, -0.25) is 29.4 Å². The highest BCUT2D eigenvalue weighted by Gasteiger charge is 2.37. The van der Waals surface area contributed by atoms with Gasteiger partial charge < -0.3 is 9.47 Å². The van der Waals surface area contributed by atoms with Gasteiger partial charge in [0.05, 0.1) is 23.0 Å². The summed E-state index contributed by atoms with van der Waals surface area (Å²) in [4.78, 5) is 47.6. The Kier molecular flexibility index (Phi) is 6.56. The molecule has 10 heteroatoms. The molecule has 0 radical (unpaired) electrons. The molecule has 2 rings (SSSR count). The first-order valence-corrected chi connectivity index (χ1v) is 8.85. The highest BCUT2D eigenvalue weighted by atomic mass is 32.2. The lowest BCUT2D eigenvalue weighted by Gasteiger charge is -2.14. The van der Waals surface area contributed by atoms with Crippen LogP contribution in [-0.4, -0.2) is 46.7 Å². The largest absolute Gasteiger partial charge is 0.490 e. The lowest BCUT2D eigenvalue weighted by molar-refractivity contribution is -0.385. The number of benzene rings is 1. The molecule has 1 saturated heterocycles. The van der Waals surface area contributed by atoms with Crippen molar-refractivity contribution in [2.75, 3.05) is 13.7 Å². The number of ether oxygens (including phenoxy) is 2. The first kappa shape index (κ1) is 20.4. The van der Waals surface area contributed by atoms with Crippen LogP contribution in [0.2, 0.25) is 0 Å². The Hall–Kier alpha value is -2.88. The number of nitro benzene ring substituents is 1. The molecule has 1 fully saturated rings. The molecule has 1 aliphatic rings. The van der Waals surface area contributed by atoms with Gasteiger partial charge in [-0.15, -0.1) is 0 Å². The molecular formula is C17H18N2O7S. The van der Waals surface area contributed by atoms with Crippen molar-refractivity contribution >= 4 is 40.6 Å². The minimum Gasteiger partial charge on any atom is -0.490 e. The third-order valence-electron chi connectivity index (χ3n) is 3.77. The molecule has 0 saturated carbocycles. The molecule has 0 spiro atoms. The zero-order chi connectivity index (χ0) is 20.1. The number of amides is 2. The number of carbonyl (C=O) groups is 3. The number of rotatable bonds is 7. The van der Waals surface area contributed by atoms with Crippen LogP contribution in [0.4, 0.5) is 10.5 Å². The van der Waals surface area contributed by atoms with Gasteiger partial charge in [0.15, 0.2) is 5.75 Å². The van der Waals surface area contributed by atoms with E-state index in [2.05, 4.69) is 0 Å². The Morgan fingerprint density at radius 3 is 2.70 bits per heavy atom. The van der Waals surface area contributed by atoms with E-state index in [-0.39, 0.29) is 22.4 Å². The van der Waals surface area contributed by atoms with Crippen molar-refractivity contribution < 1.29 is 28.8 Å². The van der Waals surface area contributed by atoms with E-state index in [4.69, 9.17) is 9.47 Å². The predicted molar refractivity (Wildman–Crippen MR) is 98.2 cm³/mol. The number of thioether (sulfide) groups is 1. The molecule has 1 aliphatic heterocycles. The Morgan fingerprint density at radius 2 is 2.11 bits per heavy atom. The second-order valence-electron chi connectivity index (χ2n) is 5.66. The molecule has 27 heavy (non-hydrogen) atoms. The quantitative estimate of drug-likeness (QED) is 0.300. The van der Waals surface area contributed by atoms with E-state index in [0.717, 1.165) is 4.90 Å². The van der Waals surface area contributed by atoms with E-state index in [1.165, 1.54) is 31.4 Å². The summed E-state index contributed by atoms with van der Waals surface area (Å²) in [5, 5.41) is 10.5. The molecular weight excluding hydrogens is 376 g/mol.